The van der Waals surface area contributed by atoms with E-state index in [1.54, 1.807) is 4.90 Å². The van der Waals surface area contributed by atoms with Crippen LogP contribution in [0.3, 0.4) is 0 Å². The number of hydrogen-bond acceptors (Lipinski definition) is 2. The van der Waals surface area contributed by atoms with Crippen LogP contribution in [0.15, 0.2) is 66.9 Å². The van der Waals surface area contributed by atoms with E-state index in [9.17, 15) is 4.79 Å². The average Bonchev–Trinajstić information content (AvgIpc) is 2.83. The molecule has 0 bridgehead atoms. The largest absolute Gasteiger partial charge is 0.315 e. The number of aromatic nitrogens is 1. The zero-order chi connectivity index (χ0) is 14.7. The maximum atomic E-state index is 11.2. The van der Waals surface area contributed by atoms with E-state index < -0.39 is 0 Å². The highest BCUT2D eigenvalue weighted by molar-refractivity contribution is 6.00. The highest BCUT2D eigenvalue weighted by Crippen LogP contribution is 2.26. The number of carbonyl (C=O) groups is 1. The van der Waals surface area contributed by atoms with Gasteiger partial charge in [0.1, 0.15) is 0 Å². The fourth-order valence-electron chi connectivity index (χ4n) is 2.42. The molecule has 0 unspecified atom stereocenters. The van der Waals surface area contributed by atoms with Gasteiger partial charge in [-0.3, -0.25) is 9.78 Å². The van der Waals surface area contributed by atoms with Crippen molar-refractivity contribution in [2.75, 3.05) is 11.9 Å². The van der Waals surface area contributed by atoms with Crippen molar-refractivity contribution in [2.24, 2.45) is 0 Å². The molecule has 0 atom stereocenters. The molecule has 3 aromatic rings. The standard InChI is InChI=1S/C9H9NO.C9H7N/c1-10-8-5-3-2-4-7(8)6-9(10)11;1-2-6-9-8(4-1)5-3-7-10-9/h2-5H,6H2,1H3;1-7H. The second-order valence-electron chi connectivity index (χ2n) is 4.95. The number of pyridine rings is 1. The zero-order valence-corrected chi connectivity index (χ0v) is 11.9. The summed E-state index contributed by atoms with van der Waals surface area (Å²) in [5.41, 5.74) is 3.25. The molecule has 1 aromatic heterocycles. The first-order valence-corrected chi connectivity index (χ1v) is 6.90. The molecule has 1 aliphatic heterocycles. The summed E-state index contributed by atoms with van der Waals surface area (Å²) in [5, 5.41) is 1.20. The van der Waals surface area contributed by atoms with Gasteiger partial charge in [0.05, 0.1) is 11.9 Å². The van der Waals surface area contributed by atoms with E-state index >= 15 is 0 Å². The van der Waals surface area contributed by atoms with Gasteiger partial charge < -0.3 is 4.90 Å². The van der Waals surface area contributed by atoms with Gasteiger partial charge in [-0.05, 0) is 23.8 Å². The van der Waals surface area contributed by atoms with E-state index in [2.05, 4.69) is 17.1 Å². The van der Waals surface area contributed by atoms with Crippen LogP contribution in [0, 0.1) is 0 Å². The number of fused-ring (bicyclic) bond motifs is 2. The van der Waals surface area contributed by atoms with Crippen LogP contribution in [0.5, 0.6) is 0 Å². The van der Waals surface area contributed by atoms with Gasteiger partial charge in [0.15, 0.2) is 0 Å². The van der Waals surface area contributed by atoms with Crippen LogP contribution in [-0.2, 0) is 11.2 Å². The Balaban J connectivity index is 0.000000126. The number of carbonyl (C=O) groups excluding carboxylic acids is 1. The van der Waals surface area contributed by atoms with Crippen LogP contribution in [0.1, 0.15) is 5.56 Å². The van der Waals surface area contributed by atoms with Gasteiger partial charge in [0.25, 0.3) is 0 Å². The molecule has 2 heterocycles. The van der Waals surface area contributed by atoms with E-state index in [-0.39, 0.29) is 5.91 Å². The summed E-state index contributed by atoms with van der Waals surface area (Å²) in [6, 6.07) is 20.0. The Bertz CT molecular complexity index is 717. The molecule has 4 rings (SSSR count). The number of anilines is 1. The highest BCUT2D eigenvalue weighted by Gasteiger charge is 2.22. The van der Waals surface area contributed by atoms with Crippen molar-refractivity contribution >= 4 is 22.5 Å². The maximum absolute atomic E-state index is 11.2. The average molecular weight is 276 g/mol. The zero-order valence-electron chi connectivity index (χ0n) is 11.9. The lowest BCUT2D eigenvalue weighted by Gasteiger charge is -2.08. The molecule has 0 N–H and O–H groups in total. The summed E-state index contributed by atoms with van der Waals surface area (Å²) in [7, 11) is 1.81. The number of rotatable bonds is 0. The summed E-state index contributed by atoms with van der Waals surface area (Å²) in [5.74, 6) is 0.186. The first-order valence-electron chi connectivity index (χ1n) is 6.90. The SMILES string of the molecule is CN1C(=O)Cc2ccccc21.c1ccc2ncccc2c1. The van der Waals surface area contributed by atoms with Crippen molar-refractivity contribution in [1.82, 2.24) is 4.98 Å². The molecule has 1 aliphatic rings. The molecule has 0 saturated heterocycles. The van der Waals surface area contributed by atoms with Gasteiger partial charge in [0.2, 0.25) is 5.91 Å². The van der Waals surface area contributed by atoms with Gasteiger partial charge in [0, 0.05) is 24.3 Å². The van der Waals surface area contributed by atoms with E-state index in [0.717, 1.165) is 16.8 Å². The summed E-state index contributed by atoms with van der Waals surface area (Å²) >= 11 is 0. The molecule has 0 aliphatic carbocycles. The first-order chi connectivity index (χ1) is 10.3. The molecule has 0 fully saturated rings. The molecule has 0 saturated carbocycles. The number of nitrogens with zero attached hydrogens (tertiary/aromatic N) is 2. The lowest BCUT2D eigenvalue weighted by molar-refractivity contribution is -0.117. The van der Waals surface area contributed by atoms with Gasteiger partial charge >= 0.3 is 0 Å². The minimum atomic E-state index is 0.186. The number of hydrogen-bond donors (Lipinski definition) is 0. The monoisotopic (exact) mass is 276 g/mol. The second-order valence-corrected chi connectivity index (χ2v) is 4.95. The number of amides is 1. The predicted octanol–water partition coefficient (Wildman–Crippen LogP) is 3.44. The van der Waals surface area contributed by atoms with Crippen LogP contribution in [0.2, 0.25) is 0 Å². The molecular formula is C18H16N2O. The van der Waals surface area contributed by atoms with Crippen LogP contribution >= 0.6 is 0 Å². The van der Waals surface area contributed by atoms with Crippen molar-refractivity contribution in [3.05, 3.63) is 72.4 Å². The fourth-order valence-corrected chi connectivity index (χ4v) is 2.42. The van der Waals surface area contributed by atoms with Gasteiger partial charge in [-0.2, -0.15) is 0 Å². The van der Waals surface area contributed by atoms with Crippen LogP contribution in [0.4, 0.5) is 5.69 Å². The van der Waals surface area contributed by atoms with Crippen molar-refractivity contribution in [1.29, 1.82) is 0 Å². The second kappa shape index (κ2) is 5.75. The van der Waals surface area contributed by atoms with E-state index in [0.29, 0.717) is 6.42 Å². The quantitative estimate of drug-likeness (QED) is 0.630. The minimum absolute atomic E-state index is 0.186. The molecule has 2 aromatic carbocycles. The van der Waals surface area contributed by atoms with Gasteiger partial charge in [-0.15, -0.1) is 0 Å². The first kappa shape index (κ1) is 13.3. The van der Waals surface area contributed by atoms with E-state index in [4.69, 9.17) is 0 Å². The summed E-state index contributed by atoms with van der Waals surface area (Å²) in [4.78, 5) is 17.0. The van der Waals surface area contributed by atoms with Crippen molar-refractivity contribution in [2.45, 2.75) is 6.42 Å². The van der Waals surface area contributed by atoms with Crippen LogP contribution in [0.25, 0.3) is 10.9 Å². The Morgan fingerprint density at radius 3 is 2.48 bits per heavy atom. The molecule has 0 radical (unpaired) electrons. The third-order valence-corrected chi connectivity index (χ3v) is 3.58. The number of para-hydroxylation sites is 2. The Kier molecular flexibility index (Phi) is 3.65. The summed E-state index contributed by atoms with van der Waals surface area (Å²) in [6.45, 7) is 0. The highest BCUT2D eigenvalue weighted by atomic mass is 16.2. The predicted molar refractivity (Wildman–Crippen MR) is 85.3 cm³/mol. The Morgan fingerprint density at radius 2 is 1.67 bits per heavy atom. The third-order valence-electron chi connectivity index (χ3n) is 3.58. The van der Waals surface area contributed by atoms with Crippen LogP contribution < -0.4 is 4.90 Å². The van der Waals surface area contributed by atoms with Crippen molar-refractivity contribution in [3.63, 3.8) is 0 Å². The van der Waals surface area contributed by atoms with Gasteiger partial charge in [-0.25, -0.2) is 0 Å². The number of likely N-dealkylation sites (N-methyl/N-ethyl adjacent to an activating group) is 1. The van der Waals surface area contributed by atoms with Gasteiger partial charge in [-0.1, -0.05) is 42.5 Å². The van der Waals surface area contributed by atoms with Crippen LogP contribution in [-0.4, -0.2) is 17.9 Å². The van der Waals surface area contributed by atoms with E-state index in [1.807, 2.05) is 61.8 Å². The Labute approximate surface area is 123 Å². The molecule has 3 heteroatoms. The van der Waals surface area contributed by atoms with E-state index in [1.165, 1.54) is 5.39 Å². The molecule has 21 heavy (non-hydrogen) atoms. The van der Waals surface area contributed by atoms with Crippen molar-refractivity contribution < 1.29 is 4.79 Å². The lowest BCUT2D eigenvalue weighted by Crippen LogP contribution is -2.20. The summed E-state index contributed by atoms with van der Waals surface area (Å²) < 4.78 is 0. The fraction of sp³-hybridized carbons (Fsp3) is 0.111. The number of benzene rings is 2. The topological polar surface area (TPSA) is 33.2 Å². The third kappa shape index (κ3) is 2.77. The molecule has 0 spiro atoms. The minimum Gasteiger partial charge on any atom is -0.315 e. The molecule has 3 nitrogen and oxygen atoms in total. The lowest BCUT2D eigenvalue weighted by atomic mass is 10.2. The smallest absolute Gasteiger partial charge is 0.231 e. The Morgan fingerprint density at radius 1 is 0.952 bits per heavy atom. The normalized spacial score (nSPS) is 12.8. The molecule has 104 valence electrons. The Hall–Kier alpha value is -2.68. The maximum Gasteiger partial charge on any atom is 0.231 e. The molecule has 1 amide bonds. The summed E-state index contributed by atoms with van der Waals surface area (Å²) in [6.07, 6.45) is 2.37. The molecular weight excluding hydrogens is 260 g/mol. The van der Waals surface area contributed by atoms with Crippen molar-refractivity contribution in [3.8, 4) is 0 Å².